The molecule has 0 aromatic carbocycles. The zero-order valence-corrected chi connectivity index (χ0v) is 8.88. The smallest absolute Gasteiger partial charge is 0.309 e. The molecule has 2 aromatic heterocycles. The summed E-state index contributed by atoms with van der Waals surface area (Å²) >= 11 is 0. The van der Waals surface area contributed by atoms with Crippen LogP contribution in [0.2, 0.25) is 0 Å². The molecule has 2 heterocycles. The first kappa shape index (κ1) is 11.1. The summed E-state index contributed by atoms with van der Waals surface area (Å²) < 4.78 is 0. The van der Waals surface area contributed by atoms with Gasteiger partial charge in [0.05, 0.1) is 6.42 Å². The molecule has 17 heavy (non-hydrogen) atoms. The molecule has 0 saturated carbocycles. The van der Waals surface area contributed by atoms with E-state index >= 15 is 0 Å². The van der Waals surface area contributed by atoms with Gasteiger partial charge >= 0.3 is 5.97 Å². The van der Waals surface area contributed by atoms with Gasteiger partial charge in [0, 0.05) is 35.3 Å². The van der Waals surface area contributed by atoms with Crippen molar-refractivity contribution in [1.29, 1.82) is 0 Å². The third kappa shape index (κ3) is 2.57. The van der Waals surface area contributed by atoms with Gasteiger partial charge in [0.15, 0.2) is 0 Å². The average Bonchev–Trinajstić information content (AvgIpc) is 2.29. The van der Waals surface area contributed by atoms with Crippen LogP contribution in [0.5, 0.6) is 0 Å². The highest BCUT2D eigenvalue weighted by Gasteiger charge is 2.09. The topological polar surface area (TPSA) is 83.0 Å². The van der Waals surface area contributed by atoms with E-state index < -0.39 is 5.97 Å². The molecule has 2 aromatic rings. The van der Waals surface area contributed by atoms with Gasteiger partial charge in [-0.05, 0) is 12.1 Å². The maximum atomic E-state index is 11.2. The molecule has 2 N–H and O–H groups in total. The van der Waals surface area contributed by atoms with Crippen molar-refractivity contribution in [3.8, 4) is 11.1 Å². The molecule has 0 unspecified atom stereocenters. The second-order valence-electron chi connectivity index (χ2n) is 3.53. The molecule has 5 heteroatoms. The summed E-state index contributed by atoms with van der Waals surface area (Å²) in [4.78, 5) is 28.4. The van der Waals surface area contributed by atoms with Crippen molar-refractivity contribution in [1.82, 2.24) is 9.97 Å². The Bertz CT molecular complexity index is 590. The number of carboxylic acids is 1. The fraction of sp³-hybridized carbons (Fsp3) is 0.0833. The first-order valence-electron chi connectivity index (χ1n) is 5.01. The van der Waals surface area contributed by atoms with E-state index in [2.05, 4.69) is 9.97 Å². The molecular formula is C12H10N2O3. The van der Waals surface area contributed by atoms with E-state index in [4.69, 9.17) is 5.11 Å². The van der Waals surface area contributed by atoms with Gasteiger partial charge in [-0.15, -0.1) is 0 Å². The number of carboxylic acid groups (broad SMARTS) is 1. The van der Waals surface area contributed by atoms with Crippen molar-refractivity contribution in [2.45, 2.75) is 6.42 Å². The molecule has 0 aliphatic rings. The van der Waals surface area contributed by atoms with Gasteiger partial charge in [-0.25, -0.2) is 0 Å². The van der Waals surface area contributed by atoms with Crippen molar-refractivity contribution < 1.29 is 9.90 Å². The van der Waals surface area contributed by atoms with Crippen LogP contribution in [-0.2, 0) is 11.2 Å². The largest absolute Gasteiger partial charge is 0.481 e. The van der Waals surface area contributed by atoms with Crippen LogP contribution in [0.4, 0.5) is 0 Å². The normalized spacial score (nSPS) is 10.1. The van der Waals surface area contributed by atoms with Gasteiger partial charge in [-0.2, -0.15) is 0 Å². The monoisotopic (exact) mass is 230 g/mol. The van der Waals surface area contributed by atoms with Crippen LogP contribution < -0.4 is 5.56 Å². The van der Waals surface area contributed by atoms with Crippen molar-refractivity contribution in [3.63, 3.8) is 0 Å². The summed E-state index contributed by atoms with van der Waals surface area (Å²) in [5.74, 6) is -0.989. The minimum atomic E-state index is -0.989. The molecule has 0 amide bonds. The first-order chi connectivity index (χ1) is 8.16. The number of aromatic nitrogens is 2. The number of rotatable bonds is 3. The summed E-state index contributed by atoms with van der Waals surface area (Å²) in [5, 5.41) is 8.79. The van der Waals surface area contributed by atoms with Crippen molar-refractivity contribution in [2.24, 2.45) is 0 Å². The molecule has 0 aliphatic carbocycles. The number of hydrogen-bond donors (Lipinski definition) is 2. The number of hydrogen-bond acceptors (Lipinski definition) is 3. The Morgan fingerprint density at radius 2 is 2.18 bits per heavy atom. The van der Waals surface area contributed by atoms with Crippen molar-refractivity contribution >= 4 is 5.97 Å². The van der Waals surface area contributed by atoms with Gasteiger partial charge in [0.25, 0.3) is 0 Å². The number of carbonyl (C=O) groups is 1. The van der Waals surface area contributed by atoms with Gasteiger partial charge in [-0.3, -0.25) is 14.6 Å². The first-order valence-corrected chi connectivity index (χ1v) is 5.01. The lowest BCUT2D eigenvalue weighted by Crippen LogP contribution is -2.12. The van der Waals surface area contributed by atoms with E-state index in [1.165, 1.54) is 6.07 Å². The summed E-state index contributed by atoms with van der Waals surface area (Å²) in [6, 6.07) is 6.54. The SMILES string of the molecule is O=C(O)Cc1[nH]c(=O)ccc1-c1cccnc1. The highest BCUT2D eigenvalue weighted by molar-refractivity contribution is 5.74. The van der Waals surface area contributed by atoms with Crippen LogP contribution in [0.15, 0.2) is 41.5 Å². The number of nitrogens with zero attached hydrogens (tertiary/aromatic N) is 1. The van der Waals surface area contributed by atoms with E-state index in [9.17, 15) is 9.59 Å². The molecule has 5 nitrogen and oxygen atoms in total. The number of aliphatic carboxylic acids is 1. The zero-order chi connectivity index (χ0) is 12.3. The molecule has 0 bridgehead atoms. The van der Waals surface area contributed by atoms with Gasteiger partial charge in [-0.1, -0.05) is 6.07 Å². The molecule has 0 radical (unpaired) electrons. The Hall–Kier alpha value is -2.43. The third-order valence-corrected chi connectivity index (χ3v) is 2.30. The molecule has 2 rings (SSSR count). The summed E-state index contributed by atoms with van der Waals surface area (Å²) in [7, 11) is 0. The van der Waals surface area contributed by atoms with E-state index in [1.807, 2.05) is 6.07 Å². The quantitative estimate of drug-likeness (QED) is 0.826. The minimum Gasteiger partial charge on any atom is -0.481 e. The Kier molecular flexibility index (Phi) is 3.00. The van der Waals surface area contributed by atoms with Crippen LogP contribution in [0.25, 0.3) is 11.1 Å². The van der Waals surface area contributed by atoms with Crippen LogP contribution >= 0.6 is 0 Å². The van der Waals surface area contributed by atoms with E-state index in [0.717, 1.165) is 5.56 Å². The molecule has 0 atom stereocenters. The lowest BCUT2D eigenvalue weighted by atomic mass is 10.0. The molecule has 0 aliphatic heterocycles. The lowest BCUT2D eigenvalue weighted by molar-refractivity contribution is -0.136. The summed E-state index contributed by atoms with van der Waals surface area (Å²) in [6.45, 7) is 0. The number of nitrogens with one attached hydrogen (secondary N) is 1. The molecule has 0 fully saturated rings. The van der Waals surface area contributed by atoms with Crippen molar-refractivity contribution in [3.05, 3.63) is 52.7 Å². The number of aromatic amines is 1. The Balaban J connectivity index is 2.53. The van der Waals surface area contributed by atoms with E-state index in [1.54, 1.807) is 24.5 Å². The van der Waals surface area contributed by atoms with Gasteiger partial charge in [0.1, 0.15) is 0 Å². The molecule has 86 valence electrons. The Morgan fingerprint density at radius 1 is 1.35 bits per heavy atom. The van der Waals surface area contributed by atoms with Gasteiger partial charge < -0.3 is 10.1 Å². The Morgan fingerprint density at radius 3 is 2.82 bits per heavy atom. The predicted octanol–water partition coefficient (Wildman–Crippen LogP) is 1.06. The summed E-state index contributed by atoms with van der Waals surface area (Å²) in [5.41, 5.74) is 1.53. The van der Waals surface area contributed by atoms with Crippen LogP contribution in [0, 0.1) is 0 Å². The van der Waals surface area contributed by atoms with Crippen molar-refractivity contribution in [2.75, 3.05) is 0 Å². The minimum absolute atomic E-state index is 0.222. The fourth-order valence-electron chi connectivity index (χ4n) is 1.60. The maximum Gasteiger partial charge on any atom is 0.309 e. The average molecular weight is 230 g/mol. The predicted molar refractivity (Wildman–Crippen MR) is 61.6 cm³/mol. The highest BCUT2D eigenvalue weighted by Crippen LogP contribution is 2.20. The molecular weight excluding hydrogens is 220 g/mol. The molecule has 0 spiro atoms. The maximum absolute atomic E-state index is 11.2. The van der Waals surface area contributed by atoms with Crippen LogP contribution in [-0.4, -0.2) is 21.0 Å². The Labute approximate surface area is 96.8 Å². The molecule has 0 saturated heterocycles. The lowest BCUT2D eigenvalue weighted by Gasteiger charge is -2.06. The summed E-state index contributed by atoms with van der Waals surface area (Å²) in [6.07, 6.45) is 3.03. The second-order valence-corrected chi connectivity index (χ2v) is 3.53. The van der Waals surface area contributed by atoms with Crippen LogP contribution in [0.1, 0.15) is 5.69 Å². The third-order valence-electron chi connectivity index (χ3n) is 2.30. The number of pyridine rings is 2. The van der Waals surface area contributed by atoms with Crippen LogP contribution in [0.3, 0.4) is 0 Å². The van der Waals surface area contributed by atoms with E-state index in [-0.39, 0.29) is 12.0 Å². The van der Waals surface area contributed by atoms with Gasteiger partial charge in [0.2, 0.25) is 5.56 Å². The number of H-pyrrole nitrogens is 1. The van der Waals surface area contributed by atoms with E-state index in [0.29, 0.717) is 11.3 Å². The fourth-order valence-corrected chi connectivity index (χ4v) is 1.60. The standard InChI is InChI=1S/C12H10N2O3/c15-11-4-3-9(8-2-1-5-13-7-8)10(14-11)6-12(16)17/h1-5,7H,6H2,(H,14,15)(H,16,17). The second kappa shape index (κ2) is 4.61. The zero-order valence-electron chi connectivity index (χ0n) is 8.88. The highest BCUT2D eigenvalue weighted by atomic mass is 16.4.